The van der Waals surface area contributed by atoms with Crippen LogP contribution in [-0.4, -0.2) is 61.8 Å². The number of likely N-dealkylation sites (tertiary alicyclic amines) is 1. The molecule has 0 spiro atoms. The lowest BCUT2D eigenvalue weighted by molar-refractivity contribution is 0.0698. The Labute approximate surface area is 213 Å². The molecule has 2 N–H and O–H groups in total. The first-order valence-electron chi connectivity index (χ1n) is 12.6. The summed E-state index contributed by atoms with van der Waals surface area (Å²) in [5.41, 5.74) is 6.00. The third kappa shape index (κ3) is 6.15. The highest BCUT2D eigenvalue weighted by molar-refractivity contribution is 5.93. The molecule has 36 heavy (non-hydrogen) atoms. The van der Waals surface area contributed by atoms with Gasteiger partial charge in [-0.15, -0.1) is 0 Å². The van der Waals surface area contributed by atoms with Crippen molar-refractivity contribution in [3.05, 3.63) is 77.6 Å². The zero-order chi connectivity index (χ0) is 25.5. The van der Waals surface area contributed by atoms with Crippen LogP contribution in [0.25, 0.3) is 0 Å². The Balaban J connectivity index is 0.000000233. The van der Waals surface area contributed by atoms with Gasteiger partial charge in [0.2, 0.25) is 0 Å². The number of rotatable bonds is 5. The lowest BCUT2D eigenvalue weighted by Crippen LogP contribution is -2.29. The average molecular weight is 489 g/mol. The summed E-state index contributed by atoms with van der Waals surface area (Å²) in [6, 6.07) is 17.2. The molecule has 7 heteroatoms. The summed E-state index contributed by atoms with van der Waals surface area (Å²) < 4.78 is 5.83. The van der Waals surface area contributed by atoms with E-state index in [0.717, 1.165) is 25.2 Å². The molecular weight excluding hydrogens is 452 g/mol. The SMILES string of the molecule is CN1CCC(c2ccc(N(C)c3ccc4c(c3)OCCC4)cc2)CC1.CNc1cnccc1C(=O)O. The Morgan fingerprint density at radius 2 is 1.83 bits per heavy atom. The van der Waals surface area contributed by atoms with E-state index in [1.165, 1.54) is 66.9 Å². The van der Waals surface area contributed by atoms with Crippen molar-refractivity contribution in [2.75, 3.05) is 51.1 Å². The number of carbonyl (C=O) groups is 1. The Bertz CT molecular complexity index is 1160. The molecule has 0 amide bonds. The molecule has 2 aliphatic heterocycles. The molecule has 1 aromatic heterocycles. The van der Waals surface area contributed by atoms with Gasteiger partial charge in [0.25, 0.3) is 0 Å². The summed E-state index contributed by atoms with van der Waals surface area (Å²) in [6.07, 6.45) is 7.72. The van der Waals surface area contributed by atoms with E-state index in [2.05, 4.69) is 76.7 Å². The van der Waals surface area contributed by atoms with E-state index in [9.17, 15) is 4.79 Å². The Kier molecular flexibility index (Phi) is 8.44. The second-order valence-electron chi connectivity index (χ2n) is 9.45. The van der Waals surface area contributed by atoms with Gasteiger partial charge in [-0.25, -0.2) is 4.79 Å². The molecular formula is C29H36N4O3. The minimum atomic E-state index is -0.947. The van der Waals surface area contributed by atoms with Gasteiger partial charge in [0.15, 0.2) is 0 Å². The van der Waals surface area contributed by atoms with E-state index >= 15 is 0 Å². The lowest BCUT2D eigenvalue weighted by Gasteiger charge is -2.29. The zero-order valence-corrected chi connectivity index (χ0v) is 21.4. The number of hydrogen-bond acceptors (Lipinski definition) is 6. The Hall–Kier alpha value is -3.58. The Morgan fingerprint density at radius 3 is 2.50 bits per heavy atom. The van der Waals surface area contributed by atoms with Crippen molar-refractivity contribution in [1.29, 1.82) is 0 Å². The van der Waals surface area contributed by atoms with Crippen LogP contribution < -0.4 is 15.0 Å². The van der Waals surface area contributed by atoms with Gasteiger partial charge in [0, 0.05) is 37.7 Å². The van der Waals surface area contributed by atoms with Gasteiger partial charge in [0.1, 0.15) is 5.75 Å². The maximum atomic E-state index is 10.5. The van der Waals surface area contributed by atoms with E-state index in [-0.39, 0.29) is 5.56 Å². The smallest absolute Gasteiger partial charge is 0.337 e. The van der Waals surface area contributed by atoms with Crippen molar-refractivity contribution in [2.24, 2.45) is 0 Å². The summed E-state index contributed by atoms with van der Waals surface area (Å²) >= 11 is 0. The molecule has 0 bridgehead atoms. The van der Waals surface area contributed by atoms with Gasteiger partial charge < -0.3 is 25.0 Å². The third-order valence-electron chi connectivity index (χ3n) is 7.08. The first kappa shape index (κ1) is 25.5. The fourth-order valence-electron chi connectivity index (χ4n) is 4.78. The molecule has 5 rings (SSSR count). The van der Waals surface area contributed by atoms with Crippen molar-refractivity contribution >= 4 is 23.0 Å². The second kappa shape index (κ2) is 11.9. The van der Waals surface area contributed by atoms with E-state index in [1.807, 2.05) is 0 Å². The van der Waals surface area contributed by atoms with Crippen LogP contribution in [0.4, 0.5) is 17.1 Å². The first-order chi connectivity index (χ1) is 17.5. The van der Waals surface area contributed by atoms with Crippen LogP contribution in [0.5, 0.6) is 5.75 Å². The quantitative estimate of drug-likeness (QED) is 0.497. The molecule has 2 aliphatic rings. The van der Waals surface area contributed by atoms with Gasteiger partial charge >= 0.3 is 5.97 Å². The number of carboxylic acids is 1. The predicted molar refractivity (Wildman–Crippen MR) is 145 cm³/mol. The number of hydrogen-bond donors (Lipinski definition) is 2. The number of benzene rings is 2. The van der Waals surface area contributed by atoms with Crippen LogP contribution in [0.3, 0.4) is 0 Å². The van der Waals surface area contributed by atoms with Crippen molar-refractivity contribution < 1.29 is 14.6 Å². The molecule has 0 unspecified atom stereocenters. The second-order valence-corrected chi connectivity index (χ2v) is 9.45. The highest BCUT2D eigenvalue weighted by atomic mass is 16.5. The number of aromatic carboxylic acids is 1. The summed E-state index contributed by atoms with van der Waals surface area (Å²) in [5, 5.41) is 11.4. The largest absolute Gasteiger partial charge is 0.493 e. The molecule has 0 saturated carbocycles. The molecule has 3 aromatic rings. The molecule has 0 radical (unpaired) electrons. The van der Waals surface area contributed by atoms with E-state index < -0.39 is 5.97 Å². The van der Waals surface area contributed by atoms with E-state index in [4.69, 9.17) is 9.84 Å². The number of aryl methyl sites for hydroxylation is 1. The van der Waals surface area contributed by atoms with Gasteiger partial charge in [-0.05, 0) is 87.1 Å². The van der Waals surface area contributed by atoms with Crippen molar-refractivity contribution in [3.63, 3.8) is 0 Å². The predicted octanol–water partition coefficient (Wildman–Crippen LogP) is 5.41. The molecule has 1 saturated heterocycles. The molecule has 0 aliphatic carbocycles. The van der Waals surface area contributed by atoms with Crippen LogP contribution >= 0.6 is 0 Å². The van der Waals surface area contributed by atoms with Crippen molar-refractivity contribution in [1.82, 2.24) is 9.88 Å². The minimum absolute atomic E-state index is 0.238. The average Bonchev–Trinajstić information content (AvgIpc) is 2.93. The number of piperidine rings is 1. The fraction of sp³-hybridized carbons (Fsp3) is 0.379. The normalized spacial score (nSPS) is 15.6. The van der Waals surface area contributed by atoms with Crippen LogP contribution in [0.15, 0.2) is 60.9 Å². The standard InChI is InChI=1S/C22H28N2O.C7H8N2O2/c1-23-13-11-18(12-14-23)17-5-8-20(9-6-17)24(2)21-10-7-19-4-3-15-25-22(19)16-21;1-8-6-4-9-3-2-5(6)7(10)11/h5-10,16,18H,3-4,11-15H2,1-2H3;2-4,8H,1H3,(H,10,11). The van der Waals surface area contributed by atoms with Crippen LogP contribution in [0.1, 0.15) is 46.7 Å². The molecule has 0 atom stereocenters. The van der Waals surface area contributed by atoms with Crippen LogP contribution in [0.2, 0.25) is 0 Å². The maximum Gasteiger partial charge on any atom is 0.337 e. The summed E-state index contributed by atoms with van der Waals surface area (Å²) in [7, 11) is 6.01. The number of pyridine rings is 1. The number of anilines is 3. The molecule has 7 nitrogen and oxygen atoms in total. The zero-order valence-electron chi connectivity index (χ0n) is 21.4. The topological polar surface area (TPSA) is 77.9 Å². The molecule has 3 heterocycles. The number of carboxylic acid groups (broad SMARTS) is 1. The number of aromatic nitrogens is 1. The summed E-state index contributed by atoms with van der Waals surface area (Å²) in [5.74, 6) is 0.822. The summed E-state index contributed by atoms with van der Waals surface area (Å²) in [6.45, 7) is 3.26. The van der Waals surface area contributed by atoms with E-state index in [1.54, 1.807) is 7.05 Å². The summed E-state index contributed by atoms with van der Waals surface area (Å²) in [4.78, 5) is 19.0. The van der Waals surface area contributed by atoms with Crippen LogP contribution in [0, 0.1) is 0 Å². The number of ether oxygens (including phenoxy) is 1. The molecule has 1 fully saturated rings. The highest BCUT2D eigenvalue weighted by Crippen LogP contribution is 2.34. The highest BCUT2D eigenvalue weighted by Gasteiger charge is 2.19. The number of nitrogens with zero attached hydrogens (tertiary/aromatic N) is 3. The van der Waals surface area contributed by atoms with E-state index in [0.29, 0.717) is 11.6 Å². The van der Waals surface area contributed by atoms with Gasteiger partial charge in [-0.1, -0.05) is 18.2 Å². The number of nitrogens with one attached hydrogen (secondary N) is 1. The van der Waals surface area contributed by atoms with Gasteiger partial charge in [-0.2, -0.15) is 0 Å². The number of fused-ring (bicyclic) bond motifs is 1. The van der Waals surface area contributed by atoms with Gasteiger partial charge in [-0.3, -0.25) is 4.98 Å². The fourth-order valence-corrected chi connectivity index (χ4v) is 4.78. The van der Waals surface area contributed by atoms with Crippen molar-refractivity contribution in [3.8, 4) is 5.75 Å². The first-order valence-corrected chi connectivity index (χ1v) is 12.6. The molecule has 2 aromatic carbocycles. The van der Waals surface area contributed by atoms with Gasteiger partial charge in [0.05, 0.1) is 24.1 Å². The lowest BCUT2D eigenvalue weighted by atomic mass is 9.89. The molecule has 190 valence electrons. The van der Waals surface area contributed by atoms with Crippen LogP contribution in [-0.2, 0) is 6.42 Å². The van der Waals surface area contributed by atoms with Crippen molar-refractivity contribution in [2.45, 2.75) is 31.6 Å². The monoisotopic (exact) mass is 488 g/mol. The maximum absolute atomic E-state index is 10.5. The Morgan fingerprint density at radius 1 is 1.11 bits per heavy atom. The minimum Gasteiger partial charge on any atom is -0.493 e. The third-order valence-corrected chi connectivity index (χ3v) is 7.08.